The van der Waals surface area contributed by atoms with Crippen molar-refractivity contribution in [2.45, 2.75) is 205 Å². The van der Waals surface area contributed by atoms with E-state index in [0.29, 0.717) is 11.3 Å². The number of nitrogens with zero attached hydrogens (tertiary/aromatic N) is 3. The molecule has 2 aromatic carbocycles. The molecule has 2 aromatic rings. The van der Waals surface area contributed by atoms with Gasteiger partial charge in [0.2, 0.25) is 0 Å². The van der Waals surface area contributed by atoms with Gasteiger partial charge < -0.3 is 24.2 Å². The number of ether oxygens (including phenoxy) is 2. The lowest BCUT2D eigenvalue weighted by molar-refractivity contribution is -0.247. The van der Waals surface area contributed by atoms with Gasteiger partial charge in [0.1, 0.15) is 22.5 Å². The fraction of sp³-hybridized carbons (Fsp3) is 0.667. The number of allylic oxidation sites excluding steroid dienone is 1. The summed E-state index contributed by atoms with van der Waals surface area (Å²) in [5, 5.41) is 0. The molecule has 0 radical (unpaired) electrons. The van der Waals surface area contributed by atoms with Crippen molar-refractivity contribution in [3.8, 4) is 5.75 Å². The molecule has 59 heavy (non-hydrogen) atoms. The normalized spacial score (nSPS) is 24.5. The first-order valence-electron chi connectivity index (χ1n) is 21.5. The van der Waals surface area contributed by atoms with Crippen molar-refractivity contribution >= 4 is 17.7 Å². The summed E-state index contributed by atoms with van der Waals surface area (Å²) in [6.45, 7) is 54.4. The molecule has 0 N–H and O–H groups in total. The average molecular weight is 812 g/mol. The zero-order valence-electron chi connectivity index (χ0n) is 41.6. The van der Waals surface area contributed by atoms with Crippen molar-refractivity contribution in [2.75, 3.05) is 7.05 Å². The molecule has 0 aliphatic carbocycles. The third kappa shape index (κ3) is 5.65. The molecule has 3 amide bonds. The van der Waals surface area contributed by atoms with Crippen LogP contribution in [0.5, 0.6) is 5.75 Å². The van der Waals surface area contributed by atoms with Crippen LogP contribution < -0.4 is 4.74 Å². The third-order valence-electron chi connectivity index (χ3n) is 17.0. The molecular formula is C51H77N3O5. The number of hydrogen-bond acceptors (Lipinski definition) is 5. The smallest absolute Gasteiger partial charge is 0.256 e. The van der Waals surface area contributed by atoms with E-state index < -0.39 is 49.8 Å². The minimum absolute atomic E-state index is 0.0359. The molecule has 0 bridgehead atoms. The van der Waals surface area contributed by atoms with E-state index in [0.717, 1.165) is 61.3 Å². The van der Waals surface area contributed by atoms with E-state index >= 15 is 4.79 Å². The quantitative estimate of drug-likeness (QED) is 0.290. The van der Waals surface area contributed by atoms with Crippen molar-refractivity contribution in [3.63, 3.8) is 0 Å². The Morgan fingerprint density at radius 3 is 1.56 bits per heavy atom. The Bertz CT molecular complexity index is 2200. The van der Waals surface area contributed by atoms with Crippen LogP contribution in [0.15, 0.2) is 12.3 Å². The molecule has 0 saturated carbocycles. The Hall–Kier alpha value is -3.65. The van der Waals surface area contributed by atoms with Crippen LogP contribution in [0, 0.1) is 59.3 Å². The molecule has 1 atom stereocenters. The van der Waals surface area contributed by atoms with Crippen LogP contribution in [0.1, 0.15) is 184 Å². The fourth-order valence-electron chi connectivity index (χ4n) is 11.9. The topological polar surface area (TPSA) is 79.4 Å². The van der Waals surface area contributed by atoms with Gasteiger partial charge in [0.05, 0.1) is 27.8 Å². The summed E-state index contributed by atoms with van der Waals surface area (Å²) in [6, 6.07) is 0. The number of carbonyl (C=O) groups excluding carboxylic acids is 3. The van der Waals surface area contributed by atoms with Crippen LogP contribution in [0.2, 0.25) is 0 Å². The molecule has 3 aliphatic heterocycles. The second-order valence-corrected chi connectivity index (χ2v) is 22.5. The number of piperidine rings is 1. The van der Waals surface area contributed by atoms with Crippen LogP contribution in [-0.2, 0) is 31.0 Å². The van der Waals surface area contributed by atoms with Crippen molar-refractivity contribution < 1.29 is 23.9 Å². The Morgan fingerprint density at radius 1 is 0.627 bits per heavy atom. The molecule has 3 heterocycles. The van der Waals surface area contributed by atoms with Crippen molar-refractivity contribution in [1.82, 2.24) is 14.7 Å². The molecule has 8 nitrogen and oxygen atoms in total. The average Bonchev–Trinajstić information content (AvgIpc) is 3.29. The van der Waals surface area contributed by atoms with Crippen molar-refractivity contribution in [2.24, 2.45) is 10.8 Å². The van der Waals surface area contributed by atoms with E-state index in [4.69, 9.17) is 9.47 Å². The molecule has 0 aromatic heterocycles. The van der Waals surface area contributed by atoms with Crippen LogP contribution >= 0.6 is 0 Å². The predicted molar refractivity (Wildman–Crippen MR) is 240 cm³/mol. The number of carbonyl (C=O) groups is 3. The lowest BCUT2D eigenvalue weighted by Crippen LogP contribution is -2.75. The van der Waals surface area contributed by atoms with Crippen LogP contribution in [-0.4, -0.2) is 61.7 Å². The summed E-state index contributed by atoms with van der Waals surface area (Å²) < 4.78 is 13.9. The molecule has 3 aliphatic rings. The van der Waals surface area contributed by atoms with Gasteiger partial charge in [0.15, 0.2) is 0 Å². The number of rotatable bonds is 6. The Labute approximate surface area is 357 Å². The summed E-state index contributed by atoms with van der Waals surface area (Å²) in [5.41, 5.74) is 4.49. The van der Waals surface area contributed by atoms with E-state index in [-0.39, 0.29) is 17.7 Å². The maximum absolute atomic E-state index is 15.3. The predicted octanol–water partition coefficient (Wildman–Crippen LogP) is 11.1. The third-order valence-corrected chi connectivity index (χ3v) is 17.0. The molecular weight excluding hydrogens is 735 g/mol. The van der Waals surface area contributed by atoms with Gasteiger partial charge in [-0.25, -0.2) is 0 Å². The zero-order chi connectivity index (χ0) is 45.9. The highest BCUT2D eigenvalue weighted by Gasteiger charge is 2.69. The number of fused-ring (bicyclic) bond motifs is 1. The van der Waals surface area contributed by atoms with E-state index in [1.807, 2.05) is 32.6 Å². The number of likely N-dealkylation sites (tertiary alicyclic amines) is 1. The van der Waals surface area contributed by atoms with E-state index in [1.54, 1.807) is 11.9 Å². The first-order chi connectivity index (χ1) is 26.2. The summed E-state index contributed by atoms with van der Waals surface area (Å²) in [4.78, 5) is 50.0. The lowest BCUT2D eigenvalue weighted by Gasteiger charge is -2.63. The van der Waals surface area contributed by atoms with E-state index in [2.05, 4.69) is 150 Å². The van der Waals surface area contributed by atoms with Gasteiger partial charge in [-0.05, 0) is 183 Å². The Kier molecular flexibility index (Phi) is 10.2. The molecule has 5 rings (SSSR count). The largest absolute Gasteiger partial charge is 0.482 e. The van der Waals surface area contributed by atoms with Gasteiger partial charge in [-0.3, -0.25) is 14.4 Å². The summed E-state index contributed by atoms with van der Waals surface area (Å²) >= 11 is 0. The monoisotopic (exact) mass is 812 g/mol. The Morgan fingerprint density at radius 2 is 1.08 bits per heavy atom. The molecule has 2 fully saturated rings. The minimum atomic E-state index is -1.22. The Balaban J connectivity index is 1.72. The molecule has 0 unspecified atom stereocenters. The highest BCUT2D eigenvalue weighted by atomic mass is 16.5. The van der Waals surface area contributed by atoms with Gasteiger partial charge in [0, 0.05) is 34.7 Å². The van der Waals surface area contributed by atoms with E-state index in [1.165, 1.54) is 0 Å². The van der Waals surface area contributed by atoms with Crippen molar-refractivity contribution in [3.05, 3.63) is 73.5 Å². The highest BCUT2D eigenvalue weighted by molar-refractivity contribution is 6.07. The summed E-state index contributed by atoms with van der Waals surface area (Å²) in [6.07, 6.45) is 0. The molecule has 0 spiro atoms. The maximum atomic E-state index is 15.3. The minimum Gasteiger partial charge on any atom is -0.482 e. The summed E-state index contributed by atoms with van der Waals surface area (Å²) in [7, 11) is 1.78. The SMILES string of the molecule is C=C1N(C)C(=O)[C@](C)(N2C(=O)c3c(C)c(C)c(C)c(OC(C)(C)c4c(C)c(C)c(C(C)(C)N5C(=O)C(C)(C)OC(C)(C)C5(C)C)c(C)c4C)c3C2(C)C)C(C)(C)C1(C)C. The summed E-state index contributed by atoms with van der Waals surface area (Å²) in [5.74, 6) is 0.335. The van der Waals surface area contributed by atoms with Gasteiger partial charge in [0.25, 0.3) is 17.7 Å². The molecule has 326 valence electrons. The first kappa shape index (κ1) is 46.4. The van der Waals surface area contributed by atoms with Crippen LogP contribution in [0.3, 0.4) is 0 Å². The van der Waals surface area contributed by atoms with Crippen LogP contribution in [0.4, 0.5) is 0 Å². The van der Waals surface area contributed by atoms with Crippen molar-refractivity contribution in [1.29, 1.82) is 0 Å². The van der Waals surface area contributed by atoms with E-state index in [9.17, 15) is 9.59 Å². The van der Waals surface area contributed by atoms with Gasteiger partial charge >= 0.3 is 0 Å². The fourth-order valence-corrected chi connectivity index (χ4v) is 11.9. The number of amides is 3. The van der Waals surface area contributed by atoms with Crippen LogP contribution in [0.25, 0.3) is 0 Å². The highest BCUT2D eigenvalue weighted by Crippen LogP contribution is 2.62. The maximum Gasteiger partial charge on any atom is 0.256 e. The molecule has 2 saturated heterocycles. The second-order valence-electron chi connectivity index (χ2n) is 22.5. The first-order valence-corrected chi connectivity index (χ1v) is 21.5. The standard InChI is InChI=1S/C51H77N3O5/c1-27-28(2)35-38(45(13,14)53(40(35)55)51(25)42(57)52(26)34(8)43(9,10)48(51,19)20)39(33(27)7)58-46(15,16)37-31(5)29(3)36(30(4)32(37)6)44(11,12)54-41(56)47(17,18)59-50(23,24)49(54,21)22/h8H2,1-7,9-26H3/t51-/m0/s1. The zero-order valence-corrected chi connectivity index (χ0v) is 41.6. The number of benzene rings is 2. The van der Waals surface area contributed by atoms with Gasteiger partial charge in [-0.2, -0.15) is 0 Å². The second kappa shape index (κ2) is 12.9. The van der Waals surface area contributed by atoms with Gasteiger partial charge in [-0.15, -0.1) is 0 Å². The van der Waals surface area contributed by atoms with Gasteiger partial charge in [-0.1, -0.05) is 34.3 Å². The number of hydrogen-bond donors (Lipinski definition) is 0. The molecule has 8 heteroatoms. The number of likely N-dealkylation sites (N-methyl/N-ethyl adjacent to an activating group) is 1. The lowest BCUT2D eigenvalue weighted by atomic mass is 9.53. The number of morpholine rings is 1.